The molecule has 0 bridgehead atoms. The molecule has 0 aliphatic heterocycles. The van der Waals surface area contributed by atoms with Crippen molar-refractivity contribution in [2.24, 2.45) is 11.7 Å². The van der Waals surface area contributed by atoms with Gasteiger partial charge in [0.15, 0.2) is 0 Å². The van der Waals surface area contributed by atoms with E-state index in [1.54, 1.807) is 26.0 Å². The van der Waals surface area contributed by atoms with E-state index in [1.165, 1.54) is 12.1 Å². The number of nitrogens with one attached hydrogen (secondary N) is 3. The lowest BCUT2D eigenvalue weighted by Gasteiger charge is -2.24. The molecule has 1 aromatic carbocycles. The highest BCUT2D eigenvalue weighted by atomic mass is 16.4. The lowest BCUT2D eigenvalue weighted by molar-refractivity contribution is -0.144. The van der Waals surface area contributed by atoms with E-state index < -0.39 is 66.9 Å². The Morgan fingerprint density at radius 1 is 0.857 bits per heavy atom. The average Bonchev–Trinajstić information content (AvgIpc) is 2.76. The Morgan fingerprint density at radius 2 is 1.37 bits per heavy atom. The molecule has 0 unspecified atom stereocenters. The Morgan fingerprint density at radius 3 is 1.86 bits per heavy atom. The number of nitrogens with two attached hydrogens (primary N) is 1. The molecule has 0 saturated heterocycles. The van der Waals surface area contributed by atoms with Crippen LogP contribution < -0.4 is 21.7 Å². The van der Waals surface area contributed by atoms with Gasteiger partial charge in [-0.25, -0.2) is 4.79 Å². The molecule has 13 nitrogen and oxygen atoms in total. The number of hydrogen-bond acceptors (Lipinski definition) is 8. The molecule has 0 aliphatic carbocycles. The van der Waals surface area contributed by atoms with Crippen LogP contribution in [0, 0.1) is 5.92 Å². The zero-order chi connectivity index (χ0) is 26.7. The molecule has 194 valence electrons. The number of phenolic OH excluding ortho intramolecular Hbond substituents is 1. The molecule has 0 radical (unpaired) electrons. The van der Waals surface area contributed by atoms with E-state index in [9.17, 15) is 39.3 Å². The summed E-state index contributed by atoms with van der Waals surface area (Å²) in [6.45, 7) is 2.59. The predicted molar refractivity (Wildman–Crippen MR) is 122 cm³/mol. The number of aliphatic hydroxyl groups is 1. The minimum absolute atomic E-state index is 0.0302. The Hall–Kier alpha value is -3.71. The van der Waals surface area contributed by atoms with E-state index in [-0.39, 0.29) is 24.5 Å². The van der Waals surface area contributed by atoms with Crippen LogP contribution in [-0.2, 0) is 30.4 Å². The third kappa shape index (κ3) is 10.4. The maximum Gasteiger partial charge on any atom is 0.326 e. The van der Waals surface area contributed by atoms with Gasteiger partial charge < -0.3 is 42.1 Å². The number of rotatable bonds is 14. The molecule has 35 heavy (non-hydrogen) atoms. The molecule has 0 spiro atoms. The molecule has 0 heterocycles. The lowest BCUT2D eigenvalue weighted by atomic mass is 10.0. The smallest absolute Gasteiger partial charge is 0.326 e. The summed E-state index contributed by atoms with van der Waals surface area (Å²) in [6.07, 6.45) is -0.733. The summed E-state index contributed by atoms with van der Waals surface area (Å²) in [5, 5.41) is 43.8. The number of carboxylic acid groups (broad SMARTS) is 2. The fraction of sp³-hybridized carbons (Fsp3) is 0.500. The van der Waals surface area contributed by atoms with Crippen LogP contribution in [0.15, 0.2) is 24.3 Å². The number of carbonyl (C=O) groups is 5. The highest BCUT2D eigenvalue weighted by molar-refractivity contribution is 5.95. The van der Waals surface area contributed by atoms with Crippen LogP contribution in [0.5, 0.6) is 5.75 Å². The van der Waals surface area contributed by atoms with Gasteiger partial charge in [-0.1, -0.05) is 26.0 Å². The summed E-state index contributed by atoms with van der Waals surface area (Å²) in [5.74, 6) is -5.73. The van der Waals surface area contributed by atoms with Crippen molar-refractivity contribution in [3.05, 3.63) is 29.8 Å². The van der Waals surface area contributed by atoms with Crippen LogP contribution in [-0.4, -0.2) is 80.9 Å². The van der Waals surface area contributed by atoms with Crippen molar-refractivity contribution in [2.75, 3.05) is 6.61 Å². The van der Waals surface area contributed by atoms with Crippen LogP contribution in [0.2, 0.25) is 0 Å². The van der Waals surface area contributed by atoms with E-state index in [0.717, 1.165) is 0 Å². The Labute approximate surface area is 201 Å². The quantitative estimate of drug-likeness (QED) is 0.146. The maximum absolute atomic E-state index is 12.6. The van der Waals surface area contributed by atoms with Gasteiger partial charge in [-0.3, -0.25) is 19.2 Å². The van der Waals surface area contributed by atoms with Crippen molar-refractivity contribution in [1.29, 1.82) is 0 Å². The number of amides is 3. The Kier molecular flexibility index (Phi) is 11.6. The third-order valence-corrected chi connectivity index (χ3v) is 4.88. The third-order valence-electron chi connectivity index (χ3n) is 4.88. The van der Waals surface area contributed by atoms with Crippen molar-refractivity contribution in [1.82, 2.24) is 16.0 Å². The fourth-order valence-corrected chi connectivity index (χ4v) is 3.07. The van der Waals surface area contributed by atoms with Gasteiger partial charge in [0.05, 0.1) is 19.1 Å². The van der Waals surface area contributed by atoms with Gasteiger partial charge in [-0.2, -0.15) is 0 Å². The zero-order valence-electron chi connectivity index (χ0n) is 19.4. The Balaban J connectivity index is 2.84. The van der Waals surface area contributed by atoms with E-state index >= 15 is 0 Å². The molecule has 4 atom stereocenters. The number of carboxylic acids is 2. The molecule has 9 N–H and O–H groups in total. The summed E-state index contributed by atoms with van der Waals surface area (Å²) in [7, 11) is 0. The van der Waals surface area contributed by atoms with Crippen LogP contribution in [0.25, 0.3) is 0 Å². The van der Waals surface area contributed by atoms with Gasteiger partial charge in [0, 0.05) is 0 Å². The van der Waals surface area contributed by atoms with Crippen LogP contribution in [0.4, 0.5) is 0 Å². The summed E-state index contributed by atoms with van der Waals surface area (Å²) >= 11 is 0. The van der Waals surface area contributed by atoms with Gasteiger partial charge >= 0.3 is 11.9 Å². The molecule has 3 amide bonds. The largest absolute Gasteiger partial charge is 0.508 e. The molecule has 1 rings (SSSR count). The van der Waals surface area contributed by atoms with E-state index in [1.807, 2.05) is 0 Å². The molecular formula is C22H32N4O9. The second-order valence-electron chi connectivity index (χ2n) is 8.41. The highest BCUT2D eigenvalue weighted by Gasteiger charge is 2.31. The SMILES string of the molecule is CC(C)C[C@H](NC(=O)[C@H](CC(=O)O)NC(=O)[C@H](CO)NC(=O)[C@@H](N)Cc1ccc(O)cc1)C(=O)O. The molecule has 0 fully saturated rings. The zero-order valence-corrected chi connectivity index (χ0v) is 19.4. The monoisotopic (exact) mass is 496 g/mol. The number of phenols is 1. The van der Waals surface area contributed by atoms with E-state index in [2.05, 4.69) is 16.0 Å². The first kappa shape index (κ1) is 29.3. The second-order valence-corrected chi connectivity index (χ2v) is 8.41. The molecule has 1 aromatic rings. The van der Waals surface area contributed by atoms with Gasteiger partial charge in [0.1, 0.15) is 23.9 Å². The van der Waals surface area contributed by atoms with E-state index in [4.69, 9.17) is 10.8 Å². The molecular weight excluding hydrogens is 464 g/mol. The summed E-state index contributed by atoms with van der Waals surface area (Å²) in [5.41, 5.74) is 6.47. The van der Waals surface area contributed by atoms with Crippen LogP contribution >= 0.6 is 0 Å². The number of aliphatic hydroxyl groups excluding tert-OH is 1. The van der Waals surface area contributed by atoms with Crippen molar-refractivity contribution >= 4 is 29.7 Å². The predicted octanol–water partition coefficient (Wildman–Crippen LogP) is -1.69. The standard InChI is InChI=1S/C22H32N4O9/c1-11(2)7-16(22(34)35)25-20(32)15(9-18(29)30)24-21(33)17(10-27)26-19(31)14(23)8-12-3-5-13(28)6-4-12/h3-6,11,14-17,27-28H,7-10,23H2,1-2H3,(H,24,33)(H,25,32)(H,26,31)(H,29,30)(H,34,35)/t14-,15-,16-,17-/m0/s1. The maximum atomic E-state index is 12.6. The van der Waals surface area contributed by atoms with Crippen molar-refractivity contribution in [3.8, 4) is 5.75 Å². The van der Waals surface area contributed by atoms with Gasteiger partial charge in [-0.15, -0.1) is 0 Å². The number of benzene rings is 1. The number of aliphatic carboxylic acids is 2. The van der Waals surface area contributed by atoms with Crippen LogP contribution in [0.1, 0.15) is 32.3 Å². The first-order chi connectivity index (χ1) is 16.3. The summed E-state index contributed by atoms with van der Waals surface area (Å²) in [6, 6.07) is 0.291. The average molecular weight is 497 g/mol. The first-order valence-electron chi connectivity index (χ1n) is 10.8. The summed E-state index contributed by atoms with van der Waals surface area (Å²) < 4.78 is 0. The summed E-state index contributed by atoms with van der Waals surface area (Å²) in [4.78, 5) is 60.1. The number of aromatic hydroxyl groups is 1. The molecule has 0 aromatic heterocycles. The van der Waals surface area contributed by atoms with Crippen molar-refractivity contribution < 1.29 is 44.4 Å². The van der Waals surface area contributed by atoms with Gasteiger partial charge in [-0.05, 0) is 36.5 Å². The number of hydrogen-bond donors (Lipinski definition) is 8. The molecule has 0 aliphatic rings. The first-order valence-corrected chi connectivity index (χ1v) is 10.8. The van der Waals surface area contributed by atoms with Gasteiger partial charge in [0.25, 0.3) is 0 Å². The normalized spacial score (nSPS) is 14.3. The molecule has 13 heteroatoms. The van der Waals surface area contributed by atoms with E-state index in [0.29, 0.717) is 5.56 Å². The minimum atomic E-state index is -1.66. The molecule has 0 saturated carbocycles. The van der Waals surface area contributed by atoms with Crippen molar-refractivity contribution in [3.63, 3.8) is 0 Å². The van der Waals surface area contributed by atoms with Crippen LogP contribution in [0.3, 0.4) is 0 Å². The van der Waals surface area contributed by atoms with Crippen molar-refractivity contribution in [2.45, 2.75) is 57.3 Å². The second kappa shape index (κ2) is 13.9. The minimum Gasteiger partial charge on any atom is -0.508 e. The topological polar surface area (TPSA) is 228 Å². The number of carbonyl (C=O) groups excluding carboxylic acids is 3. The fourth-order valence-electron chi connectivity index (χ4n) is 3.07. The highest BCUT2D eigenvalue weighted by Crippen LogP contribution is 2.11. The van der Waals surface area contributed by atoms with Gasteiger partial charge in [0.2, 0.25) is 17.7 Å². The Bertz CT molecular complexity index is 905. The lowest BCUT2D eigenvalue weighted by Crippen LogP contribution is -2.58.